The van der Waals surface area contributed by atoms with E-state index >= 15 is 0 Å². The van der Waals surface area contributed by atoms with Crippen molar-refractivity contribution in [1.29, 1.82) is 0 Å². The third-order valence-corrected chi connectivity index (χ3v) is 1.25. The molecule has 0 fully saturated rings. The summed E-state index contributed by atoms with van der Waals surface area (Å²) in [5, 5.41) is 0. The van der Waals surface area contributed by atoms with Crippen molar-refractivity contribution < 1.29 is 9.59 Å². The van der Waals surface area contributed by atoms with Gasteiger partial charge in [-0.05, 0) is 20.3 Å². The molecule has 0 aliphatic rings. The average Bonchev–Trinajstić information content (AvgIpc) is 1.87. The molecule has 2 nitrogen and oxygen atoms in total. The molecule has 0 amide bonds. The van der Waals surface area contributed by atoms with Crippen LogP contribution in [0.5, 0.6) is 0 Å². The van der Waals surface area contributed by atoms with Crippen LogP contribution in [0.1, 0.15) is 20.3 Å². The summed E-state index contributed by atoms with van der Waals surface area (Å²) < 4.78 is 0. The van der Waals surface area contributed by atoms with E-state index in [0.29, 0.717) is 6.42 Å². The Kier molecular flexibility index (Phi) is 4.11. The van der Waals surface area contributed by atoms with Gasteiger partial charge in [0.05, 0.1) is 5.57 Å². The number of hydrogen-bond donors (Lipinski definition) is 0. The minimum atomic E-state index is -0.181. The Hall–Kier alpha value is -1.18. The maximum Gasteiger partial charge on any atom is 0.163 e. The van der Waals surface area contributed by atoms with Gasteiger partial charge in [0.25, 0.3) is 0 Å². The second-order valence-electron chi connectivity index (χ2n) is 2.25. The molecule has 0 unspecified atom stereocenters. The molecule has 0 aliphatic carbocycles. The van der Waals surface area contributed by atoms with Gasteiger partial charge in [-0.2, -0.15) is 0 Å². The molecule has 0 aromatic rings. The van der Waals surface area contributed by atoms with E-state index < -0.39 is 0 Å². The lowest BCUT2D eigenvalue weighted by atomic mass is 10.1. The fraction of sp³-hybridized carbons (Fsp3) is 0.333. The van der Waals surface area contributed by atoms with Crippen molar-refractivity contribution in [1.82, 2.24) is 0 Å². The first-order valence-electron chi connectivity index (χ1n) is 3.42. The van der Waals surface area contributed by atoms with Crippen LogP contribution in [-0.4, -0.2) is 11.6 Å². The molecule has 0 rings (SSSR count). The Labute approximate surface area is 66.6 Å². The number of carbonyl (C=O) groups excluding carboxylic acids is 2. The number of carbonyl (C=O) groups is 2. The molecule has 0 aromatic carbocycles. The van der Waals surface area contributed by atoms with E-state index in [4.69, 9.17) is 0 Å². The van der Waals surface area contributed by atoms with Gasteiger partial charge in [0.2, 0.25) is 0 Å². The highest BCUT2D eigenvalue weighted by atomic mass is 16.1. The maximum absolute atomic E-state index is 10.8. The zero-order valence-electron chi connectivity index (χ0n) is 6.89. The lowest BCUT2D eigenvalue weighted by Gasteiger charge is -1.94. The minimum absolute atomic E-state index is 0.181. The molecule has 0 aliphatic heterocycles. The monoisotopic (exact) mass is 152 g/mol. The molecule has 0 saturated carbocycles. The topological polar surface area (TPSA) is 34.1 Å². The predicted octanol–water partition coefficient (Wildman–Crippen LogP) is 1.67. The van der Waals surface area contributed by atoms with Crippen molar-refractivity contribution in [2.24, 2.45) is 0 Å². The first kappa shape index (κ1) is 9.82. The lowest BCUT2D eigenvalue weighted by molar-refractivity contribution is -0.119. The fourth-order valence-corrected chi connectivity index (χ4v) is 0.737. The second kappa shape index (κ2) is 4.61. The van der Waals surface area contributed by atoms with Crippen molar-refractivity contribution in [3.05, 3.63) is 24.3 Å². The molecule has 0 atom stereocenters. The van der Waals surface area contributed by atoms with Gasteiger partial charge in [-0.1, -0.05) is 12.2 Å². The summed E-state index contributed by atoms with van der Waals surface area (Å²) >= 11 is 0. The highest BCUT2D eigenvalue weighted by Crippen LogP contribution is 2.00. The molecule has 0 aromatic heterocycles. The largest absolute Gasteiger partial charge is 0.294 e. The van der Waals surface area contributed by atoms with Gasteiger partial charge in [-0.25, -0.2) is 0 Å². The van der Waals surface area contributed by atoms with Crippen molar-refractivity contribution in [2.75, 3.05) is 0 Å². The highest BCUT2D eigenvalue weighted by molar-refractivity contribution is 6.18. The number of hydrogen-bond acceptors (Lipinski definition) is 2. The maximum atomic E-state index is 10.8. The zero-order chi connectivity index (χ0) is 8.85. The Morgan fingerprint density at radius 3 is 2.00 bits per heavy atom. The summed E-state index contributed by atoms with van der Waals surface area (Å²) in [4.78, 5) is 21.5. The molecular weight excluding hydrogens is 140 g/mol. The number of Topliss-reactive ketones (excluding diaryl/α,β-unsaturated/α-hetero) is 2. The molecule has 0 radical (unpaired) electrons. The van der Waals surface area contributed by atoms with Crippen LogP contribution in [0, 0.1) is 0 Å². The first-order chi connectivity index (χ1) is 5.09. The van der Waals surface area contributed by atoms with Gasteiger partial charge in [-0.15, -0.1) is 6.58 Å². The Bertz CT molecular complexity index is 196. The van der Waals surface area contributed by atoms with Crippen molar-refractivity contribution >= 4 is 11.6 Å². The van der Waals surface area contributed by atoms with Crippen LogP contribution in [0.3, 0.4) is 0 Å². The Balaban J connectivity index is 4.45. The summed E-state index contributed by atoms with van der Waals surface area (Å²) in [7, 11) is 0. The average molecular weight is 152 g/mol. The van der Waals surface area contributed by atoms with Gasteiger partial charge in [-0.3, -0.25) is 9.59 Å². The van der Waals surface area contributed by atoms with Crippen LogP contribution >= 0.6 is 0 Å². The number of rotatable bonds is 4. The predicted molar refractivity (Wildman–Crippen MR) is 44.3 cm³/mol. The molecule has 11 heavy (non-hydrogen) atoms. The van der Waals surface area contributed by atoms with Crippen LogP contribution in [0.2, 0.25) is 0 Å². The standard InChI is InChI=1S/C9H12O2/c1-4-5-6-9(7(2)10)8(3)11/h4,6H,1,5H2,2-3H3. The van der Waals surface area contributed by atoms with E-state index in [1.807, 2.05) is 0 Å². The SMILES string of the molecule is C=CCC=C(C(C)=O)C(C)=O. The van der Waals surface area contributed by atoms with Crippen LogP contribution in [0.25, 0.3) is 0 Å². The van der Waals surface area contributed by atoms with Crippen LogP contribution in [0.15, 0.2) is 24.3 Å². The quantitative estimate of drug-likeness (QED) is 0.266. The summed E-state index contributed by atoms with van der Waals surface area (Å²) in [6, 6.07) is 0. The normalized spacial score (nSPS) is 8.55. The van der Waals surface area contributed by atoms with E-state index in [2.05, 4.69) is 6.58 Å². The Morgan fingerprint density at radius 2 is 1.73 bits per heavy atom. The van der Waals surface area contributed by atoms with E-state index in [-0.39, 0.29) is 17.1 Å². The zero-order valence-corrected chi connectivity index (χ0v) is 6.89. The molecule has 0 spiro atoms. The van der Waals surface area contributed by atoms with Crippen LogP contribution < -0.4 is 0 Å². The van der Waals surface area contributed by atoms with Gasteiger partial charge < -0.3 is 0 Å². The number of allylic oxidation sites excluding steroid dienone is 3. The van der Waals surface area contributed by atoms with Crippen molar-refractivity contribution in [3.63, 3.8) is 0 Å². The molecule has 60 valence electrons. The van der Waals surface area contributed by atoms with Gasteiger partial charge in [0.15, 0.2) is 11.6 Å². The fourth-order valence-electron chi connectivity index (χ4n) is 0.737. The van der Waals surface area contributed by atoms with E-state index in [9.17, 15) is 9.59 Å². The molecular formula is C9H12O2. The highest BCUT2D eigenvalue weighted by Gasteiger charge is 2.06. The van der Waals surface area contributed by atoms with Gasteiger partial charge >= 0.3 is 0 Å². The molecule has 0 saturated heterocycles. The van der Waals surface area contributed by atoms with Crippen molar-refractivity contribution in [2.45, 2.75) is 20.3 Å². The van der Waals surface area contributed by atoms with Crippen molar-refractivity contribution in [3.8, 4) is 0 Å². The third kappa shape index (κ3) is 3.50. The summed E-state index contributed by atoms with van der Waals surface area (Å²) in [6.45, 7) is 6.25. The number of ketones is 2. The first-order valence-corrected chi connectivity index (χ1v) is 3.42. The summed E-state index contributed by atoms with van der Waals surface area (Å²) in [5.41, 5.74) is 0.268. The van der Waals surface area contributed by atoms with Gasteiger partial charge in [0, 0.05) is 0 Å². The van der Waals surface area contributed by atoms with Crippen LogP contribution in [0.4, 0.5) is 0 Å². The van der Waals surface area contributed by atoms with E-state index in [1.54, 1.807) is 12.2 Å². The van der Waals surface area contributed by atoms with Crippen LogP contribution in [-0.2, 0) is 9.59 Å². The molecule has 2 heteroatoms. The second-order valence-corrected chi connectivity index (χ2v) is 2.25. The molecule has 0 heterocycles. The Morgan fingerprint density at radius 1 is 1.27 bits per heavy atom. The summed E-state index contributed by atoms with van der Waals surface area (Å²) in [6.07, 6.45) is 3.80. The third-order valence-electron chi connectivity index (χ3n) is 1.25. The van der Waals surface area contributed by atoms with E-state index in [0.717, 1.165) is 0 Å². The molecule has 0 N–H and O–H groups in total. The minimum Gasteiger partial charge on any atom is -0.294 e. The van der Waals surface area contributed by atoms with Gasteiger partial charge in [0.1, 0.15) is 0 Å². The summed E-state index contributed by atoms with van der Waals surface area (Å²) in [5.74, 6) is -0.362. The molecule has 0 bridgehead atoms. The van der Waals surface area contributed by atoms with E-state index in [1.165, 1.54) is 13.8 Å². The lowest BCUT2D eigenvalue weighted by Crippen LogP contribution is -2.05. The smallest absolute Gasteiger partial charge is 0.163 e.